The predicted molar refractivity (Wildman–Crippen MR) is 91.1 cm³/mol. The molecule has 0 saturated carbocycles. The minimum atomic E-state index is -5.46. The third kappa shape index (κ3) is 4.78. The Bertz CT molecular complexity index is 953. The van der Waals surface area contributed by atoms with Crippen LogP contribution in [-0.2, 0) is 19.7 Å². The molecular weight excluding hydrogens is 474 g/mol. The molecule has 0 radical (unpaired) electrons. The summed E-state index contributed by atoms with van der Waals surface area (Å²) >= 11 is 0. The van der Waals surface area contributed by atoms with Crippen LogP contribution in [0.5, 0.6) is 0 Å². The van der Waals surface area contributed by atoms with Gasteiger partial charge in [0.2, 0.25) is 0 Å². The van der Waals surface area contributed by atoms with E-state index in [-0.39, 0.29) is 0 Å². The van der Waals surface area contributed by atoms with Crippen LogP contribution in [0.1, 0.15) is 0 Å². The Kier molecular flexibility index (Phi) is 6.38. The van der Waals surface area contributed by atoms with E-state index in [1.807, 2.05) is 0 Å². The Labute approximate surface area is 163 Å². The third-order valence-corrected chi connectivity index (χ3v) is 8.53. The van der Waals surface area contributed by atoms with E-state index in [0.717, 1.165) is 70.1 Å². The Balaban J connectivity index is 2.09. The monoisotopic (exact) mass is 482 g/mol. The zero-order chi connectivity index (χ0) is 21.4. The second-order valence-electron chi connectivity index (χ2n) is 5.01. The van der Waals surface area contributed by atoms with Gasteiger partial charge in [0.15, 0.2) is 0 Å². The van der Waals surface area contributed by atoms with Crippen LogP contribution in [0.4, 0.5) is 26.3 Å². The van der Waals surface area contributed by atoms with Crippen LogP contribution in [-0.4, -0.2) is 27.9 Å². The lowest BCUT2D eigenvalue weighted by molar-refractivity contribution is -0.0442. The number of sulfone groups is 2. The minimum absolute atomic E-state index is 0.373. The first-order valence-electron chi connectivity index (χ1n) is 6.83. The highest BCUT2D eigenvalue weighted by atomic mass is 33.1. The van der Waals surface area contributed by atoms with Crippen molar-refractivity contribution in [3.63, 3.8) is 0 Å². The Morgan fingerprint density at radius 2 is 0.786 bits per heavy atom. The van der Waals surface area contributed by atoms with Gasteiger partial charge in [-0.3, -0.25) is 0 Å². The van der Waals surface area contributed by atoms with Gasteiger partial charge in [-0.25, -0.2) is 16.8 Å². The molecule has 0 aliphatic heterocycles. The van der Waals surface area contributed by atoms with Crippen molar-refractivity contribution < 1.29 is 43.2 Å². The fourth-order valence-corrected chi connectivity index (χ4v) is 5.17. The molecule has 0 aliphatic rings. The van der Waals surface area contributed by atoms with E-state index in [9.17, 15) is 43.2 Å². The Morgan fingerprint density at radius 3 is 1.00 bits per heavy atom. The molecule has 28 heavy (non-hydrogen) atoms. The second kappa shape index (κ2) is 7.80. The van der Waals surface area contributed by atoms with E-state index in [1.54, 1.807) is 0 Å². The summed E-state index contributed by atoms with van der Waals surface area (Å²) in [5.74, 6) is 0. The van der Waals surface area contributed by atoms with Crippen LogP contribution >= 0.6 is 21.6 Å². The van der Waals surface area contributed by atoms with Crippen molar-refractivity contribution in [2.24, 2.45) is 0 Å². The molecule has 0 atom stereocenters. The largest absolute Gasteiger partial charge is 0.501 e. The average molecular weight is 482 g/mol. The first-order chi connectivity index (χ1) is 12.7. The molecule has 0 spiro atoms. The minimum Gasteiger partial charge on any atom is -0.214 e. The Morgan fingerprint density at radius 1 is 0.536 bits per heavy atom. The molecule has 0 bridgehead atoms. The van der Waals surface area contributed by atoms with Crippen molar-refractivity contribution in [1.29, 1.82) is 0 Å². The molecule has 154 valence electrons. The summed E-state index contributed by atoms with van der Waals surface area (Å²) in [6.07, 6.45) is 0. The van der Waals surface area contributed by atoms with Gasteiger partial charge in [-0.1, -0.05) is 21.6 Å². The molecule has 0 saturated heterocycles. The van der Waals surface area contributed by atoms with Crippen LogP contribution in [0.2, 0.25) is 0 Å². The molecule has 14 heteroatoms. The summed E-state index contributed by atoms with van der Waals surface area (Å²) in [5.41, 5.74) is -10.8. The molecule has 4 nitrogen and oxygen atoms in total. The second-order valence-corrected chi connectivity index (χ2v) is 11.2. The van der Waals surface area contributed by atoms with E-state index in [2.05, 4.69) is 0 Å². The molecular formula is C14H8F6O4S4. The highest BCUT2D eigenvalue weighted by molar-refractivity contribution is 8.76. The number of benzene rings is 2. The SMILES string of the molecule is O=S(=O)(c1ccc(SSc2ccc(S(=O)(=O)C(F)(F)F)cc2)cc1)C(F)(F)F. The zero-order valence-corrected chi connectivity index (χ0v) is 16.4. The topological polar surface area (TPSA) is 68.3 Å². The van der Waals surface area contributed by atoms with Crippen molar-refractivity contribution in [2.45, 2.75) is 30.6 Å². The lowest BCUT2D eigenvalue weighted by atomic mass is 10.4. The fraction of sp³-hybridized carbons (Fsp3) is 0.143. The van der Waals surface area contributed by atoms with Gasteiger partial charge in [0.1, 0.15) is 0 Å². The first-order valence-corrected chi connectivity index (χ1v) is 12.0. The van der Waals surface area contributed by atoms with Gasteiger partial charge in [0.05, 0.1) is 9.79 Å². The van der Waals surface area contributed by atoms with Crippen LogP contribution in [0, 0.1) is 0 Å². The van der Waals surface area contributed by atoms with Gasteiger partial charge in [0, 0.05) is 9.79 Å². The number of hydrogen-bond acceptors (Lipinski definition) is 6. The summed E-state index contributed by atoms with van der Waals surface area (Å²) in [6, 6.07) is 7.68. The predicted octanol–water partition coefficient (Wildman–Crippen LogP) is 5.07. The number of rotatable bonds is 5. The van der Waals surface area contributed by atoms with Crippen molar-refractivity contribution in [1.82, 2.24) is 0 Å². The molecule has 0 heterocycles. The molecule has 0 unspecified atom stereocenters. The van der Waals surface area contributed by atoms with E-state index < -0.39 is 40.5 Å². The standard InChI is InChI=1S/C14H8F6O4S4/c15-13(16,17)27(21,22)11-5-1-9(2-6-11)25-26-10-3-7-12(8-4-10)28(23,24)14(18,19)20/h1-8H. The van der Waals surface area contributed by atoms with Gasteiger partial charge in [-0.2, -0.15) is 26.3 Å². The van der Waals surface area contributed by atoms with Gasteiger partial charge >= 0.3 is 11.0 Å². The van der Waals surface area contributed by atoms with E-state index >= 15 is 0 Å². The summed E-state index contributed by atoms with van der Waals surface area (Å²) in [7, 11) is -8.94. The third-order valence-electron chi connectivity index (χ3n) is 3.11. The normalized spacial score (nSPS) is 13.5. The fourth-order valence-electron chi connectivity index (χ4n) is 1.71. The average Bonchev–Trinajstić information content (AvgIpc) is 2.58. The highest BCUT2D eigenvalue weighted by Gasteiger charge is 2.47. The van der Waals surface area contributed by atoms with Crippen LogP contribution in [0.25, 0.3) is 0 Å². The van der Waals surface area contributed by atoms with Crippen molar-refractivity contribution in [2.75, 3.05) is 0 Å². The van der Waals surface area contributed by atoms with E-state index in [4.69, 9.17) is 0 Å². The molecule has 2 rings (SSSR count). The maximum Gasteiger partial charge on any atom is 0.501 e. The highest BCUT2D eigenvalue weighted by Crippen LogP contribution is 2.39. The smallest absolute Gasteiger partial charge is 0.214 e. The molecule has 0 amide bonds. The summed E-state index contributed by atoms with van der Waals surface area (Å²) in [5, 5.41) is 0. The summed E-state index contributed by atoms with van der Waals surface area (Å²) in [4.78, 5) is -1.09. The van der Waals surface area contributed by atoms with Crippen molar-refractivity contribution >= 4 is 41.3 Å². The molecule has 2 aromatic rings. The van der Waals surface area contributed by atoms with Gasteiger partial charge < -0.3 is 0 Å². The van der Waals surface area contributed by atoms with E-state index in [0.29, 0.717) is 9.79 Å². The number of halogens is 6. The molecule has 0 N–H and O–H groups in total. The van der Waals surface area contributed by atoms with Crippen molar-refractivity contribution in [3.8, 4) is 0 Å². The van der Waals surface area contributed by atoms with Crippen LogP contribution in [0.3, 0.4) is 0 Å². The Hall–Kier alpha value is -1.38. The summed E-state index contributed by atoms with van der Waals surface area (Å²) in [6.45, 7) is 0. The van der Waals surface area contributed by atoms with Crippen LogP contribution in [0.15, 0.2) is 68.1 Å². The van der Waals surface area contributed by atoms with E-state index in [1.165, 1.54) is 0 Å². The van der Waals surface area contributed by atoms with Gasteiger partial charge in [-0.05, 0) is 48.5 Å². The maximum atomic E-state index is 12.5. The first kappa shape index (κ1) is 22.9. The molecule has 0 fully saturated rings. The van der Waals surface area contributed by atoms with Crippen LogP contribution < -0.4 is 0 Å². The molecule has 2 aromatic carbocycles. The van der Waals surface area contributed by atoms with Gasteiger partial charge in [-0.15, -0.1) is 0 Å². The quantitative estimate of drug-likeness (QED) is 0.438. The maximum absolute atomic E-state index is 12.5. The molecule has 0 aromatic heterocycles. The van der Waals surface area contributed by atoms with Gasteiger partial charge in [0.25, 0.3) is 19.7 Å². The lowest BCUT2D eigenvalue weighted by Crippen LogP contribution is -2.23. The van der Waals surface area contributed by atoms with Crippen molar-refractivity contribution in [3.05, 3.63) is 48.5 Å². The lowest BCUT2D eigenvalue weighted by Gasteiger charge is -2.09. The number of alkyl halides is 6. The number of hydrogen-bond donors (Lipinski definition) is 0. The summed E-state index contributed by atoms with van der Waals surface area (Å²) < 4.78 is 120. The zero-order valence-electron chi connectivity index (χ0n) is 13.2. The molecule has 0 aliphatic carbocycles.